The Labute approximate surface area is 153 Å². The van der Waals surface area contributed by atoms with Crippen LogP contribution in [0.3, 0.4) is 0 Å². The molecular weight excluding hydrogens is 340 g/mol. The molecule has 0 atom stereocenters. The number of carbonyl (C=O) groups is 1. The summed E-state index contributed by atoms with van der Waals surface area (Å²) in [6, 6.07) is 8.23. The first-order chi connectivity index (χ1) is 11.8. The zero-order chi connectivity index (χ0) is 16.8. The largest absolute Gasteiger partial charge is 0.411 e. The number of carbonyl (C=O) groups excluding carboxylic acids is 1. The maximum absolute atomic E-state index is 11.2. The van der Waals surface area contributed by atoms with Gasteiger partial charge >= 0.3 is 0 Å². The number of anilines is 1. The summed E-state index contributed by atoms with van der Waals surface area (Å²) in [5.74, 6) is -0.385. The summed E-state index contributed by atoms with van der Waals surface area (Å²) in [7, 11) is 0. The van der Waals surface area contributed by atoms with E-state index >= 15 is 0 Å². The Hall–Kier alpha value is -2.34. The molecule has 0 aliphatic heterocycles. The molecule has 134 valence electrons. The molecule has 1 heterocycles. The lowest BCUT2D eigenvalue weighted by Crippen LogP contribution is -2.26. The number of hydrogen-bond donors (Lipinski definition) is 3. The number of aromatic nitrogens is 1. The lowest BCUT2D eigenvalue weighted by Gasteiger charge is -2.21. The zero-order valence-electron chi connectivity index (χ0n) is 14.0. The van der Waals surface area contributed by atoms with E-state index in [9.17, 15) is 4.79 Å². The van der Waals surface area contributed by atoms with Gasteiger partial charge in [0.15, 0.2) is 0 Å². The molecule has 2 aromatic rings. The molecule has 3 rings (SSSR count). The summed E-state index contributed by atoms with van der Waals surface area (Å²) < 4.78 is 0. The van der Waals surface area contributed by atoms with Gasteiger partial charge in [-0.1, -0.05) is 23.4 Å². The second kappa shape index (κ2) is 9.22. The molecule has 25 heavy (non-hydrogen) atoms. The number of nitrogens with one attached hydrogen (secondary N) is 2. The van der Waals surface area contributed by atoms with Gasteiger partial charge in [0.05, 0.1) is 5.52 Å². The fourth-order valence-electron chi connectivity index (χ4n) is 3.19. The van der Waals surface area contributed by atoms with Crippen LogP contribution in [0.25, 0.3) is 10.9 Å². The van der Waals surface area contributed by atoms with E-state index in [1.807, 2.05) is 12.1 Å². The van der Waals surface area contributed by atoms with E-state index in [1.54, 1.807) is 0 Å². The first kappa shape index (κ1) is 19.0. The summed E-state index contributed by atoms with van der Waals surface area (Å²) in [4.78, 5) is 16.0. The second-order valence-electron chi connectivity index (χ2n) is 5.95. The average molecular weight is 363 g/mol. The fourth-order valence-corrected chi connectivity index (χ4v) is 3.19. The van der Waals surface area contributed by atoms with Crippen LogP contribution in [-0.2, 0) is 17.6 Å². The lowest BCUT2D eigenvalue weighted by atomic mass is 9.92. The minimum absolute atomic E-state index is 0. The molecule has 0 radical (unpaired) electrons. The van der Waals surface area contributed by atoms with Gasteiger partial charge in [-0.2, -0.15) is 0 Å². The maximum Gasteiger partial charge on any atom is 0.265 e. The Morgan fingerprint density at radius 2 is 2.04 bits per heavy atom. The Kier molecular flexibility index (Phi) is 7.01. The Balaban J connectivity index is 0.00000225. The van der Waals surface area contributed by atoms with E-state index < -0.39 is 0 Å². The molecule has 1 aromatic carbocycles. The van der Waals surface area contributed by atoms with Crippen molar-refractivity contribution in [2.45, 2.75) is 32.1 Å². The third-order valence-corrected chi connectivity index (χ3v) is 4.30. The molecule has 0 saturated heterocycles. The molecule has 0 saturated carbocycles. The van der Waals surface area contributed by atoms with E-state index in [0.29, 0.717) is 6.54 Å². The third-order valence-electron chi connectivity index (χ3n) is 4.30. The first-order valence-electron chi connectivity index (χ1n) is 8.39. The fraction of sp³-hybridized carbons (Fsp3) is 0.389. The number of oxime groups is 1. The topological polar surface area (TPSA) is 86.6 Å². The predicted octanol–water partition coefficient (Wildman–Crippen LogP) is 2.91. The monoisotopic (exact) mass is 362 g/mol. The molecule has 0 bridgehead atoms. The second-order valence-corrected chi connectivity index (χ2v) is 5.95. The smallest absolute Gasteiger partial charge is 0.265 e. The normalized spacial score (nSPS) is 13.3. The van der Waals surface area contributed by atoms with Crippen molar-refractivity contribution in [2.24, 2.45) is 5.16 Å². The molecule has 0 unspecified atom stereocenters. The number of para-hydroxylation sites is 1. The van der Waals surface area contributed by atoms with Gasteiger partial charge in [0.2, 0.25) is 0 Å². The van der Waals surface area contributed by atoms with Crippen LogP contribution in [-0.4, -0.2) is 35.4 Å². The van der Waals surface area contributed by atoms with Crippen LogP contribution in [0.4, 0.5) is 5.69 Å². The van der Waals surface area contributed by atoms with Crippen molar-refractivity contribution in [3.05, 3.63) is 35.5 Å². The molecule has 7 heteroatoms. The van der Waals surface area contributed by atoms with Crippen molar-refractivity contribution < 1.29 is 10.0 Å². The van der Waals surface area contributed by atoms with E-state index in [0.717, 1.165) is 42.9 Å². The zero-order valence-corrected chi connectivity index (χ0v) is 14.8. The van der Waals surface area contributed by atoms with Crippen LogP contribution in [0, 0.1) is 0 Å². The minimum Gasteiger partial charge on any atom is -0.411 e. The van der Waals surface area contributed by atoms with E-state index in [-0.39, 0.29) is 18.3 Å². The number of fused-ring (bicyclic) bond motifs is 2. The number of pyridine rings is 1. The van der Waals surface area contributed by atoms with Crippen molar-refractivity contribution in [1.29, 1.82) is 0 Å². The van der Waals surface area contributed by atoms with Gasteiger partial charge in [-0.15, -0.1) is 12.4 Å². The highest BCUT2D eigenvalue weighted by Gasteiger charge is 2.17. The van der Waals surface area contributed by atoms with Crippen molar-refractivity contribution in [1.82, 2.24) is 10.3 Å². The van der Waals surface area contributed by atoms with Gasteiger partial charge in [0.1, 0.15) is 6.21 Å². The molecule has 1 aromatic heterocycles. The number of benzene rings is 1. The molecule has 0 fully saturated rings. The van der Waals surface area contributed by atoms with Crippen LogP contribution in [0.5, 0.6) is 0 Å². The van der Waals surface area contributed by atoms with Gasteiger partial charge < -0.3 is 15.8 Å². The van der Waals surface area contributed by atoms with E-state index in [1.165, 1.54) is 29.8 Å². The molecule has 6 nitrogen and oxygen atoms in total. The number of hydrogen-bond acceptors (Lipinski definition) is 5. The van der Waals surface area contributed by atoms with Gasteiger partial charge in [-0.05, 0) is 43.7 Å². The summed E-state index contributed by atoms with van der Waals surface area (Å²) in [5.41, 5.74) is 4.79. The standard InChI is InChI=1S/C18H22N4O2.ClH/c23-17(12-21-24)19-10-5-11-20-18-13-6-1-3-8-15(13)22-16-9-4-2-7-14(16)18;/h1,3,6,8,12,24H,2,4-5,7,9-11H2,(H,19,23)(H,20,22);1H. The van der Waals surface area contributed by atoms with Crippen molar-refractivity contribution in [3.8, 4) is 0 Å². The number of aryl methyl sites for hydroxylation is 1. The number of rotatable bonds is 6. The minimum atomic E-state index is -0.385. The highest BCUT2D eigenvalue weighted by molar-refractivity contribution is 6.25. The number of halogens is 1. The molecule has 1 aliphatic carbocycles. The van der Waals surface area contributed by atoms with E-state index in [4.69, 9.17) is 10.2 Å². The summed E-state index contributed by atoms with van der Waals surface area (Å²) in [6.45, 7) is 1.29. The summed E-state index contributed by atoms with van der Waals surface area (Å²) in [5, 5.41) is 18.4. The van der Waals surface area contributed by atoms with Crippen LogP contribution in [0.2, 0.25) is 0 Å². The molecule has 1 aliphatic rings. The van der Waals surface area contributed by atoms with Crippen LogP contribution in [0.1, 0.15) is 30.5 Å². The highest BCUT2D eigenvalue weighted by atomic mass is 35.5. The van der Waals surface area contributed by atoms with Crippen molar-refractivity contribution >= 4 is 41.1 Å². The number of nitrogens with zero attached hydrogens (tertiary/aromatic N) is 2. The van der Waals surface area contributed by atoms with E-state index in [2.05, 4.69) is 27.9 Å². The van der Waals surface area contributed by atoms with Crippen molar-refractivity contribution in [3.63, 3.8) is 0 Å². The highest BCUT2D eigenvalue weighted by Crippen LogP contribution is 2.33. The Morgan fingerprint density at radius 3 is 2.88 bits per heavy atom. The molecule has 1 amide bonds. The van der Waals surface area contributed by atoms with Gasteiger partial charge in [0, 0.05) is 29.9 Å². The van der Waals surface area contributed by atoms with Crippen LogP contribution < -0.4 is 10.6 Å². The SMILES string of the molecule is Cl.O=C(C=NO)NCCCNc1c2c(nc3ccccc13)CCCC2. The average Bonchev–Trinajstić information content (AvgIpc) is 2.61. The summed E-state index contributed by atoms with van der Waals surface area (Å²) in [6.07, 6.45) is 6.18. The first-order valence-corrected chi connectivity index (χ1v) is 8.39. The third kappa shape index (κ3) is 4.60. The Morgan fingerprint density at radius 1 is 1.24 bits per heavy atom. The maximum atomic E-state index is 11.2. The molecular formula is C18H23ClN4O2. The van der Waals surface area contributed by atoms with Gasteiger partial charge in [-0.25, -0.2) is 0 Å². The van der Waals surface area contributed by atoms with Crippen LogP contribution in [0.15, 0.2) is 29.4 Å². The quantitative estimate of drug-likeness (QED) is 0.319. The van der Waals surface area contributed by atoms with Crippen molar-refractivity contribution in [2.75, 3.05) is 18.4 Å². The van der Waals surface area contributed by atoms with Gasteiger partial charge in [-0.3, -0.25) is 9.78 Å². The summed E-state index contributed by atoms with van der Waals surface area (Å²) >= 11 is 0. The van der Waals surface area contributed by atoms with Gasteiger partial charge in [0.25, 0.3) is 5.91 Å². The Bertz CT molecular complexity index is 764. The molecule has 3 N–H and O–H groups in total. The van der Waals surface area contributed by atoms with Crippen LogP contribution >= 0.6 is 12.4 Å². The lowest BCUT2D eigenvalue weighted by molar-refractivity contribution is -0.114. The predicted molar refractivity (Wildman–Crippen MR) is 102 cm³/mol. The molecule has 0 spiro atoms. The number of amides is 1.